The van der Waals surface area contributed by atoms with Gasteiger partial charge >= 0.3 is 0 Å². The van der Waals surface area contributed by atoms with E-state index in [0.29, 0.717) is 6.04 Å². The lowest BCUT2D eigenvalue weighted by molar-refractivity contribution is 0.122. The minimum Gasteiger partial charge on any atom is -0.378 e. The number of halogens is 1. The Morgan fingerprint density at radius 3 is 2.57 bits per heavy atom. The molecule has 1 saturated heterocycles. The van der Waals surface area contributed by atoms with Crippen molar-refractivity contribution in [3.8, 4) is 0 Å². The fourth-order valence-electron chi connectivity index (χ4n) is 2.47. The summed E-state index contributed by atoms with van der Waals surface area (Å²) in [4.78, 5) is 3.70. The number of benzene rings is 1. The molecule has 21 heavy (non-hydrogen) atoms. The number of nitrogens with zero attached hydrogens (tertiary/aromatic N) is 1. The molecule has 0 bridgehead atoms. The third kappa shape index (κ3) is 3.78. The first-order chi connectivity index (χ1) is 10.2. The summed E-state index contributed by atoms with van der Waals surface area (Å²) in [5.74, 6) is 0. The summed E-state index contributed by atoms with van der Waals surface area (Å²) in [5, 5.41) is 5.67. The number of hydrogen-bond acceptors (Lipinski definition) is 4. The van der Waals surface area contributed by atoms with Crippen molar-refractivity contribution in [1.29, 1.82) is 0 Å². The van der Waals surface area contributed by atoms with Crippen LogP contribution in [0, 0.1) is 0 Å². The van der Waals surface area contributed by atoms with Gasteiger partial charge in [-0.05, 0) is 53.2 Å². The first kappa shape index (κ1) is 14.9. The van der Waals surface area contributed by atoms with Gasteiger partial charge in [0.25, 0.3) is 0 Å². The van der Waals surface area contributed by atoms with Crippen LogP contribution in [-0.2, 0) is 4.74 Å². The van der Waals surface area contributed by atoms with Gasteiger partial charge in [-0.2, -0.15) is 0 Å². The molecule has 1 unspecified atom stereocenters. The van der Waals surface area contributed by atoms with Crippen molar-refractivity contribution in [2.24, 2.45) is 0 Å². The molecule has 0 aliphatic carbocycles. The normalized spacial score (nSPS) is 16.8. The number of anilines is 2. The molecule has 112 valence electrons. The molecular formula is C16H19BrN2OS. The zero-order valence-electron chi connectivity index (χ0n) is 12.0. The summed E-state index contributed by atoms with van der Waals surface area (Å²) in [6.07, 6.45) is 0. The van der Waals surface area contributed by atoms with Gasteiger partial charge in [0, 0.05) is 39.2 Å². The third-order valence-electron chi connectivity index (χ3n) is 3.64. The number of hydrogen-bond donors (Lipinski definition) is 1. The lowest BCUT2D eigenvalue weighted by Gasteiger charge is -2.29. The number of ether oxygens (including phenoxy) is 1. The molecule has 1 aromatic carbocycles. The van der Waals surface area contributed by atoms with Crippen LogP contribution in [0.15, 0.2) is 40.2 Å². The Morgan fingerprint density at radius 1 is 1.24 bits per heavy atom. The number of thiophene rings is 1. The van der Waals surface area contributed by atoms with Crippen LogP contribution in [0.3, 0.4) is 0 Å². The monoisotopic (exact) mass is 366 g/mol. The molecular weight excluding hydrogens is 348 g/mol. The summed E-state index contributed by atoms with van der Waals surface area (Å²) < 4.78 is 6.54. The topological polar surface area (TPSA) is 24.5 Å². The molecule has 0 radical (unpaired) electrons. The Morgan fingerprint density at radius 2 is 1.95 bits per heavy atom. The van der Waals surface area contributed by atoms with Crippen LogP contribution < -0.4 is 10.2 Å². The van der Waals surface area contributed by atoms with Gasteiger partial charge in [0.15, 0.2) is 0 Å². The maximum atomic E-state index is 5.39. The molecule has 0 spiro atoms. The first-order valence-electron chi connectivity index (χ1n) is 7.15. The van der Waals surface area contributed by atoms with E-state index in [-0.39, 0.29) is 0 Å². The fraction of sp³-hybridized carbons (Fsp3) is 0.375. The van der Waals surface area contributed by atoms with E-state index >= 15 is 0 Å². The van der Waals surface area contributed by atoms with Crippen molar-refractivity contribution in [3.05, 3.63) is 45.1 Å². The first-order valence-corrected chi connectivity index (χ1v) is 8.83. The minimum atomic E-state index is 0.315. The second-order valence-corrected chi connectivity index (χ2v) is 7.04. The quantitative estimate of drug-likeness (QED) is 0.860. The van der Waals surface area contributed by atoms with Gasteiger partial charge in [-0.15, -0.1) is 11.3 Å². The Balaban J connectivity index is 1.63. The van der Waals surface area contributed by atoms with Crippen LogP contribution in [0.25, 0.3) is 0 Å². The number of morpholine rings is 1. The van der Waals surface area contributed by atoms with Crippen molar-refractivity contribution in [2.75, 3.05) is 36.5 Å². The highest BCUT2D eigenvalue weighted by atomic mass is 79.9. The molecule has 2 aromatic rings. The van der Waals surface area contributed by atoms with Gasteiger partial charge in [0.1, 0.15) is 0 Å². The Kier molecular flexibility index (Phi) is 4.83. The summed E-state index contributed by atoms with van der Waals surface area (Å²) in [6.45, 7) is 5.79. The second-order valence-electron chi connectivity index (χ2n) is 5.18. The molecule has 1 aromatic heterocycles. The molecule has 1 fully saturated rings. The second kappa shape index (κ2) is 6.81. The van der Waals surface area contributed by atoms with Gasteiger partial charge < -0.3 is 15.0 Å². The van der Waals surface area contributed by atoms with Gasteiger partial charge in [0.05, 0.1) is 19.3 Å². The summed E-state index contributed by atoms with van der Waals surface area (Å²) in [7, 11) is 0. The molecule has 5 heteroatoms. The van der Waals surface area contributed by atoms with Crippen LogP contribution in [0.1, 0.15) is 17.8 Å². The molecule has 1 N–H and O–H groups in total. The van der Waals surface area contributed by atoms with E-state index in [1.807, 2.05) is 0 Å². The standard InChI is InChI=1S/C16H19BrN2OS/c1-12(16-10-13(17)11-21-16)18-14-2-4-15(5-3-14)19-6-8-20-9-7-19/h2-5,10-12,18H,6-9H2,1H3. The van der Waals surface area contributed by atoms with E-state index in [0.717, 1.165) is 36.5 Å². The number of nitrogens with one attached hydrogen (secondary N) is 1. The predicted molar refractivity (Wildman–Crippen MR) is 93.5 cm³/mol. The third-order valence-corrected chi connectivity index (χ3v) is 5.52. The molecule has 1 atom stereocenters. The SMILES string of the molecule is CC(Nc1ccc(N2CCOCC2)cc1)c1cc(Br)cs1. The zero-order valence-corrected chi connectivity index (χ0v) is 14.4. The highest BCUT2D eigenvalue weighted by Gasteiger charge is 2.12. The molecule has 0 amide bonds. The summed E-state index contributed by atoms with van der Waals surface area (Å²) in [5.41, 5.74) is 2.43. The van der Waals surface area contributed by atoms with E-state index in [4.69, 9.17) is 4.74 Å². The minimum absolute atomic E-state index is 0.315. The lowest BCUT2D eigenvalue weighted by Crippen LogP contribution is -2.36. The summed E-state index contributed by atoms with van der Waals surface area (Å²) in [6, 6.07) is 11.2. The zero-order chi connectivity index (χ0) is 14.7. The Hall–Kier alpha value is -1.04. The van der Waals surface area contributed by atoms with E-state index < -0.39 is 0 Å². The van der Waals surface area contributed by atoms with E-state index in [2.05, 4.69) is 68.8 Å². The van der Waals surface area contributed by atoms with E-state index in [1.165, 1.54) is 10.6 Å². The average molecular weight is 367 g/mol. The lowest BCUT2D eigenvalue weighted by atomic mass is 10.2. The maximum Gasteiger partial charge on any atom is 0.0642 e. The van der Waals surface area contributed by atoms with Crippen LogP contribution in [0.5, 0.6) is 0 Å². The molecule has 1 aliphatic rings. The Labute approximate surface area is 138 Å². The van der Waals surface area contributed by atoms with Crippen molar-refractivity contribution in [2.45, 2.75) is 13.0 Å². The predicted octanol–water partition coefficient (Wildman–Crippen LogP) is 4.52. The van der Waals surface area contributed by atoms with Crippen LogP contribution in [0.4, 0.5) is 11.4 Å². The van der Waals surface area contributed by atoms with E-state index in [1.54, 1.807) is 11.3 Å². The highest BCUT2D eigenvalue weighted by Crippen LogP contribution is 2.28. The van der Waals surface area contributed by atoms with Gasteiger partial charge in [-0.3, -0.25) is 0 Å². The maximum absolute atomic E-state index is 5.39. The van der Waals surface area contributed by atoms with Gasteiger partial charge in [-0.1, -0.05) is 0 Å². The van der Waals surface area contributed by atoms with Gasteiger partial charge in [-0.25, -0.2) is 0 Å². The Bertz CT molecular complexity index is 578. The molecule has 3 nitrogen and oxygen atoms in total. The largest absolute Gasteiger partial charge is 0.378 e. The highest BCUT2D eigenvalue weighted by molar-refractivity contribution is 9.10. The van der Waals surface area contributed by atoms with Crippen LogP contribution >= 0.6 is 27.3 Å². The van der Waals surface area contributed by atoms with E-state index in [9.17, 15) is 0 Å². The molecule has 0 saturated carbocycles. The molecule has 2 heterocycles. The van der Waals surface area contributed by atoms with Crippen molar-refractivity contribution < 1.29 is 4.74 Å². The van der Waals surface area contributed by atoms with Gasteiger partial charge in [0.2, 0.25) is 0 Å². The molecule has 1 aliphatic heterocycles. The fourth-order valence-corrected chi connectivity index (χ4v) is 3.92. The average Bonchev–Trinajstić information content (AvgIpc) is 2.96. The van der Waals surface area contributed by atoms with Crippen molar-refractivity contribution in [3.63, 3.8) is 0 Å². The van der Waals surface area contributed by atoms with Crippen molar-refractivity contribution in [1.82, 2.24) is 0 Å². The van der Waals surface area contributed by atoms with Crippen LogP contribution in [0.2, 0.25) is 0 Å². The summed E-state index contributed by atoms with van der Waals surface area (Å²) >= 11 is 5.28. The van der Waals surface area contributed by atoms with Crippen molar-refractivity contribution >= 4 is 38.6 Å². The van der Waals surface area contributed by atoms with Crippen LogP contribution in [-0.4, -0.2) is 26.3 Å². The smallest absolute Gasteiger partial charge is 0.0642 e. The number of rotatable bonds is 4. The molecule has 3 rings (SSSR count).